The molecule has 8 heteroatoms. The first-order chi connectivity index (χ1) is 12.1. The Hall–Kier alpha value is -2.19. The fraction of sp³-hybridized carbons (Fsp3) is 0.353. The lowest BCUT2D eigenvalue weighted by molar-refractivity contribution is 0.0382. The van der Waals surface area contributed by atoms with Crippen LogP contribution >= 0.6 is 0 Å². The second-order valence-electron chi connectivity index (χ2n) is 6.18. The highest BCUT2D eigenvalue weighted by molar-refractivity contribution is 7.95. The van der Waals surface area contributed by atoms with Gasteiger partial charge in [0.05, 0.1) is 28.6 Å². The van der Waals surface area contributed by atoms with Crippen LogP contribution in [0, 0.1) is 0 Å². The van der Waals surface area contributed by atoms with E-state index < -0.39 is 9.84 Å². The third-order valence-electron chi connectivity index (χ3n) is 4.65. The van der Waals surface area contributed by atoms with Gasteiger partial charge in [-0.3, -0.25) is 4.99 Å². The normalized spacial score (nSPS) is 21.2. The molecule has 0 bridgehead atoms. The average Bonchev–Trinajstić information content (AvgIpc) is 3.06. The number of fused-ring (bicyclic) bond motifs is 1. The molecule has 4 rings (SSSR count). The fourth-order valence-corrected chi connectivity index (χ4v) is 4.82. The Morgan fingerprint density at radius 3 is 2.56 bits per heavy atom. The minimum absolute atomic E-state index is 0.0150. The van der Waals surface area contributed by atoms with Crippen molar-refractivity contribution in [2.45, 2.75) is 4.90 Å². The Morgan fingerprint density at radius 1 is 1.12 bits per heavy atom. The van der Waals surface area contributed by atoms with Gasteiger partial charge in [0.2, 0.25) is 9.84 Å². The van der Waals surface area contributed by atoms with Crippen molar-refractivity contribution in [2.75, 3.05) is 39.3 Å². The highest BCUT2D eigenvalue weighted by atomic mass is 32.2. The van der Waals surface area contributed by atoms with Gasteiger partial charge < -0.3 is 10.2 Å². The monoisotopic (exact) mass is 362 g/mol. The van der Waals surface area contributed by atoms with Gasteiger partial charge in [-0.05, 0) is 18.2 Å². The van der Waals surface area contributed by atoms with Gasteiger partial charge in [0.1, 0.15) is 5.82 Å². The summed E-state index contributed by atoms with van der Waals surface area (Å²) in [7, 11) is -3.63. The molecule has 0 unspecified atom stereocenters. The molecule has 3 aliphatic rings. The van der Waals surface area contributed by atoms with Gasteiger partial charge in [-0.1, -0.05) is 22.7 Å². The number of allylic oxidation sites excluding steroid dienone is 1. The molecule has 1 saturated heterocycles. The van der Waals surface area contributed by atoms with Gasteiger partial charge in [-0.2, -0.15) is 5.12 Å². The van der Waals surface area contributed by atoms with E-state index in [2.05, 4.69) is 10.3 Å². The zero-order valence-electron chi connectivity index (χ0n) is 13.7. The standard InChI is InChI=1S/C17H19FN4O2S/c18-22-12-15-14(10-17(22)21-8-6-19-7-9-21)16(11-20-15)25(23,24)13-4-2-1-3-5-13/h1-5,10,19H,6-9,11-12H2. The fourth-order valence-electron chi connectivity index (χ4n) is 3.32. The van der Waals surface area contributed by atoms with Crippen molar-refractivity contribution in [1.82, 2.24) is 15.3 Å². The highest BCUT2D eigenvalue weighted by Gasteiger charge is 2.35. The predicted octanol–water partition coefficient (Wildman–Crippen LogP) is 1.12. The second-order valence-corrected chi connectivity index (χ2v) is 8.15. The average molecular weight is 362 g/mol. The number of hydrogen-bond donors (Lipinski definition) is 1. The molecule has 132 valence electrons. The SMILES string of the molecule is O=S(=O)(C1=C2C=C(N3CCNCC3)N(F)CC2=NC1)c1ccccc1. The largest absolute Gasteiger partial charge is 0.354 e. The summed E-state index contributed by atoms with van der Waals surface area (Å²) in [5.74, 6) is 0.415. The van der Waals surface area contributed by atoms with Gasteiger partial charge in [-0.15, -0.1) is 0 Å². The smallest absolute Gasteiger partial charge is 0.205 e. The number of nitrogens with zero attached hydrogens (tertiary/aromatic N) is 3. The van der Waals surface area contributed by atoms with Crippen molar-refractivity contribution in [3.63, 3.8) is 0 Å². The zero-order valence-corrected chi connectivity index (χ0v) is 14.5. The van der Waals surface area contributed by atoms with E-state index in [-0.39, 0.29) is 22.9 Å². The van der Waals surface area contributed by atoms with Crippen LogP contribution in [0.25, 0.3) is 0 Å². The van der Waals surface area contributed by atoms with Crippen LogP contribution in [0.2, 0.25) is 0 Å². The second kappa shape index (κ2) is 6.27. The third-order valence-corrected chi connectivity index (χ3v) is 6.54. The first-order valence-corrected chi connectivity index (χ1v) is 9.73. The molecule has 0 radical (unpaired) electrons. The maximum atomic E-state index is 14.5. The molecule has 1 fully saturated rings. The maximum Gasteiger partial charge on any atom is 0.205 e. The minimum Gasteiger partial charge on any atom is -0.354 e. The Bertz CT molecular complexity index is 871. The number of sulfone groups is 1. The Labute approximate surface area is 146 Å². The van der Waals surface area contributed by atoms with Crippen LogP contribution < -0.4 is 5.32 Å². The summed E-state index contributed by atoms with van der Waals surface area (Å²) in [6.45, 7) is 2.99. The molecular weight excluding hydrogens is 343 g/mol. The summed E-state index contributed by atoms with van der Waals surface area (Å²) in [6.07, 6.45) is 1.64. The van der Waals surface area contributed by atoms with Crippen LogP contribution in [0.3, 0.4) is 0 Å². The molecule has 0 spiro atoms. The summed E-state index contributed by atoms with van der Waals surface area (Å²) < 4.78 is 40.4. The van der Waals surface area contributed by atoms with E-state index in [1.54, 1.807) is 36.4 Å². The number of piperazine rings is 1. The van der Waals surface area contributed by atoms with Crippen LogP contribution in [0.5, 0.6) is 0 Å². The first kappa shape index (κ1) is 16.3. The summed E-state index contributed by atoms with van der Waals surface area (Å²) in [5, 5.41) is 3.89. The van der Waals surface area contributed by atoms with Crippen LogP contribution in [0.1, 0.15) is 0 Å². The molecule has 1 aromatic rings. The first-order valence-electron chi connectivity index (χ1n) is 8.25. The van der Waals surface area contributed by atoms with Gasteiger partial charge in [0.25, 0.3) is 0 Å². The number of aliphatic imine (C=N–C) groups is 1. The summed E-state index contributed by atoms with van der Waals surface area (Å²) in [6, 6.07) is 8.32. The molecule has 0 saturated carbocycles. The maximum absolute atomic E-state index is 14.5. The Morgan fingerprint density at radius 2 is 1.84 bits per heavy atom. The van der Waals surface area contributed by atoms with Gasteiger partial charge in [0, 0.05) is 31.8 Å². The molecule has 0 aromatic heterocycles. The molecular formula is C17H19FN4O2S. The zero-order chi connectivity index (χ0) is 17.4. The van der Waals surface area contributed by atoms with E-state index in [9.17, 15) is 12.9 Å². The molecule has 3 aliphatic heterocycles. The van der Waals surface area contributed by atoms with Crippen molar-refractivity contribution in [1.29, 1.82) is 0 Å². The Balaban J connectivity index is 1.77. The van der Waals surface area contributed by atoms with Crippen molar-refractivity contribution in [3.05, 3.63) is 52.7 Å². The number of benzene rings is 1. The van der Waals surface area contributed by atoms with Gasteiger partial charge in [-0.25, -0.2) is 8.42 Å². The summed E-state index contributed by atoms with van der Waals surface area (Å²) >= 11 is 0. The lowest BCUT2D eigenvalue weighted by Crippen LogP contribution is -2.47. The van der Waals surface area contributed by atoms with Crippen molar-refractivity contribution in [3.8, 4) is 0 Å². The summed E-state index contributed by atoms with van der Waals surface area (Å²) in [5.41, 5.74) is 1.04. The molecule has 3 heterocycles. The molecule has 6 nitrogen and oxygen atoms in total. The Kier molecular flexibility index (Phi) is 4.09. The van der Waals surface area contributed by atoms with E-state index in [4.69, 9.17) is 0 Å². The molecule has 1 aromatic carbocycles. The minimum atomic E-state index is -3.63. The highest BCUT2D eigenvalue weighted by Crippen LogP contribution is 2.32. The van der Waals surface area contributed by atoms with Gasteiger partial charge >= 0.3 is 0 Å². The van der Waals surface area contributed by atoms with E-state index >= 15 is 0 Å². The molecule has 1 N–H and O–H groups in total. The van der Waals surface area contributed by atoms with E-state index in [0.717, 1.165) is 13.1 Å². The van der Waals surface area contributed by atoms with Crippen LogP contribution in [0.15, 0.2) is 62.6 Å². The van der Waals surface area contributed by atoms with E-state index in [1.807, 2.05) is 4.90 Å². The number of halogens is 1. The quantitative estimate of drug-likeness (QED) is 0.817. The van der Waals surface area contributed by atoms with Crippen molar-refractivity contribution in [2.24, 2.45) is 4.99 Å². The summed E-state index contributed by atoms with van der Waals surface area (Å²) in [4.78, 5) is 6.71. The number of hydrogen-bond acceptors (Lipinski definition) is 6. The van der Waals surface area contributed by atoms with Crippen LogP contribution in [0.4, 0.5) is 4.48 Å². The van der Waals surface area contributed by atoms with E-state index in [0.29, 0.717) is 35.3 Å². The lowest BCUT2D eigenvalue weighted by Gasteiger charge is -2.36. The molecule has 0 atom stereocenters. The van der Waals surface area contributed by atoms with Crippen LogP contribution in [-0.2, 0) is 9.84 Å². The van der Waals surface area contributed by atoms with E-state index in [1.165, 1.54) is 0 Å². The van der Waals surface area contributed by atoms with Crippen molar-refractivity contribution < 1.29 is 12.9 Å². The molecule has 25 heavy (non-hydrogen) atoms. The number of nitrogens with one attached hydrogen (secondary N) is 1. The molecule has 0 aliphatic carbocycles. The number of rotatable bonds is 3. The van der Waals surface area contributed by atoms with Crippen molar-refractivity contribution >= 4 is 15.5 Å². The topological polar surface area (TPSA) is 65.0 Å². The third kappa shape index (κ3) is 2.85. The predicted molar refractivity (Wildman–Crippen MR) is 93.3 cm³/mol. The van der Waals surface area contributed by atoms with Crippen LogP contribution in [-0.4, -0.2) is 63.4 Å². The molecule has 0 amide bonds. The lowest BCUT2D eigenvalue weighted by atomic mass is 10.1. The van der Waals surface area contributed by atoms with Gasteiger partial charge in [0.15, 0.2) is 0 Å².